The van der Waals surface area contributed by atoms with E-state index in [0.717, 1.165) is 6.42 Å². The predicted molar refractivity (Wildman–Crippen MR) is 64.3 cm³/mol. The molecule has 0 bridgehead atoms. The number of nitrogens with one attached hydrogen (secondary N) is 2. The van der Waals surface area contributed by atoms with Gasteiger partial charge in [0.1, 0.15) is 5.82 Å². The molecule has 0 aliphatic heterocycles. The topological polar surface area (TPSA) is 61.4 Å². The van der Waals surface area contributed by atoms with Gasteiger partial charge in [-0.15, -0.1) is 0 Å². The van der Waals surface area contributed by atoms with Crippen molar-refractivity contribution in [1.82, 2.24) is 5.32 Å². The Morgan fingerprint density at radius 3 is 2.53 bits per heavy atom. The van der Waals surface area contributed by atoms with Gasteiger partial charge >= 0.3 is 6.03 Å². The minimum atomic E-state index is -1.33. The first kappa shape index (κ1) is 15.3. The molecule has 7 heteroatoms. The number of hydrogen-bond donors (Lipinski definition) is 3. The van der Waals surface area contributed by atoms with Gasteiger partial charge in [0.25, 0.3) is 0 Å². The van der Waals surface area contributed by atoms with Gasteiger partial charge in [-0.25, -0.2) is 18.0 Å². The van der Waals surface area contributed by atoms with Crippen LogP contribution in [0.3, 0.4) is 0 Å². The van der Waals surface area contributed by atoms with Crippen molar-refractivity contribution in [1.29, 1.82) is 0 Å². The summed E-state index contributed by atoms with van der Waals surface area (Å²) in [5.74, 6) is -3.67. The van der Waals surface area contributed by atoms with Gasteiger partial charge in [-0.1, -0.05) is 13.3 Å². The lowest BCUT2D eigenvalue weighted by Gasteiger charge is -2.12. The monoisotopic (exact) mass is 276 g/mol. The van der Waals surface area contributed by atoms with E-state index in [1.54, 1.807) is 0 Å². The minimum Gasteiger partial charge on any atom is -0.391 e. The third kappa shape index (κ3) is 4.78. The third-order valence-corrected chi connectivity index (χ3v) is 2.38. The molecule has 0 saturated carbocycles. The van der Waals surface area contributed by atoms with E-state index in [4.69, 9.17) is 0 Å². The van der Waals surface area contributed by atoms with Crippen molar-refractivity contribution in [2.24, 2.45) is 0 Å². The highest BCUT2D eigenvalue weighted by Crippen LogP contribution is 2.18. The first-order chi connectivity index (χ1) is 8.93. The maximum Gasteiger partial charge on any atom is 0.319 e. The lowest BCUT2D eigenvalue weighted by molar-refractivity contribution is 0.162. The fourth-order valence-corrected chi connectivity index (χ4v) is 1.43. The van der Waals surface area contributed by atoms with Crippen LogP contribution < -0.4 is 10.6 Å². The molecule has 1 aromatic carbocycles. The van der Waals surface area contributed by atoms with Crippen molar-refractivity contribution in [2.75, 3.05) is 11.9 Å². The quantitative estimate of drug-likeness (QED) is 0.723. The van der Waals surface area contributed by atoms with Gasteiger partial charge in [-0.2, -0.15) is 0 Å². The molecular weight excluding hydrogens is 261 g/mol. The molecule has 19 heavy (non-hydrogen) atoms. The van der Waals surface area contributed by atoms with Crippen molar-refractivity contribution < 1.29 is 23.1 Å². The molecule has 1 unspecified atom stereocenters. The molecule has 0 aliphatic rings. The van der Waals surface area contributed by atoms with Crippen LogP contribution in [0.25, 0.3) is 0 Å². The van der Waals surface area contributed by atoms with E-state index in [1.807, 2.05) is 12.2 Å². The highest BCUT2D eigenvalue weighted by molar-refractivity contribution is 5.89. The molecule has 1 atom stereocenters. The number of rotatable bonds is 5. The Morgan fingerprint density at radius 1 is 1.26 bits per heavy atom. The fraction of sp³-hybridized carbons (Fsp3) is 0.417. The van der Waals surface area contributed by atoms with E-state index in [-0.39, 0.29) is 6.54 Å². The predicted octanol–water partition coefficient (Wildman–Crippen LogP) is 2.39. The molecule has 1 aromatic rings. The Morgan fingerprint density at radius 2 is 1.89 bits per heavy atom. The van der Waals surface area contributed by atoms with Gasteiger partial charge in [0.15, 0.2) is 11.6 Å². The van der Waals surface area contributed by atoms with Crippen LogP contribution in [0.4, 0.5) is 23.7 Å². The molecule has 0 aliphatic carbocycles. The Labute approximate surface area is 108 Å². The average molecular weight is 276 g/mol. The van der Waals surface area contributed by atoms with E-state index in [1.165, 1.54) is 0 Å². The van der Waals surface area contributed by atoms with Crippen molar-refractivity contribution >= 4 is 11.7 Å². The zero-order valence-electron chi connectivity index (χ0n) is 10.3. The Kier molecular flexibility index (Phi) is 5.62. The van der Waals surface area contributed by atoms with Crippen LogP contribution in [-0.2, 0) is 0 Å². The summed E-state index contributed by atoms with van der Waals surface area (Å²) in [5.41, 5.74) is -0.471. The smallest absolute Gasteiger partial charge is 0.319 e. The fourth-order valence-electron chi connectivity index (χ4n) is 1.43. The molecule has 2 amide bonds. The molecule has 3 N–H and O–H groups in total. The minimum absolute atomic E-state index is 0.00896. The van der Waals surface area contributed by atoms with Gasteiger partial charge in [-0.3, -0.25) is 0 Å². The second kappa shape index (κ2) is 6.98. The number of hydrogen-bond acceptors (Lipinski definition) is 2. The number of anilines is 1. The van der Waals surface area contributed by atoms with Crippen LogP contribution in [0.1, 0.15) is 19.8 Å². The molecule has 106 valence electrons. The number of aliphatic hydroxyl groups is 1. The van der Waals surface area contributed by atoms with Crippen LogP contribution >= 0.6 is 0 Å². The third-order valence-electron chi connectivity index (χ3n) is 2.38. The second-order valence-corrected chi connectivity index (χ2v) is 4.02. The maximum absolute atomic E-state index is 13.2. The molecule has 0 saturated heterocycles. The molecule has 0 aromatic heterocycles. The van der Waals surface area contributed by atoms with Gasteiger partial charge in [0, 0.05) is 18.7 Å². The summed E-state index contributed by atoms with van der Waals surface area (Å²) < 4.78 is 38.7. The molecule has 0 spiro atoms. The van der Waals surface area contributed by atoms with E-state index < -0.39 is 35.3 Å². The zero-order chi connectivity index (χ0) is 14.4. The number of carbonyl (C=O) groups excluding carboxylic acids is 1. The van der Waals surface area contributed by atoms with Crippen molar-refractivity contribution in [3.8, 4) is 0 Å². The summed E-state index contributed by atoms with van der Waals surface area (Å²) in [6, 6.07) is 0.0870. The number of amides is 2. The molecule has 1 rings (SSSR count). The molecule has 0 heterocycles. The summed E-state index contributed by atoms with van der Waals surface area (Å²) in [7, 11) is 0. The van der Waals surface area contributed by atoms with Crippen LogP contribution in [0.15, 0.2) is 12.1 Å². The van der Waals surface area contributed by atoms with E-state index in [2.05, 4.69) is 5.32 Å². The molecule has 4 nitrogen and oxygen atoms in total. The van der Waals surface area contributed by atoms with Crippen LogP contribution in [0.2, 0.25) is 0 Å². The maximum atomic E-state index is 13.2. The summed E-state index contributed by atoms with van der Waals surface area (Å²) in [4.78, 5) is 11.4. The van der Waals surface area contributed by atoms with Crippen LogP contribution in [0.5, 0.6) is 0 Å². The standard InChI is InChI=1S/C12H15F3N2O2/c1-2-3-7(18)6-16-12(19)17-11-5-9(14)8(13)4-10(11)15/h4-5,7,18H,2-3,6H2,1H3,(H2,16,17,19). The molecule has 0 fully saturated rings. The van der Waals surface area contributed by atoms with Gasteiger partial charge in [-0.05, 0) is 6.42 Å². The lowest BCUT2D eigenvalue weighted by atomic mass is 10.2. The van der Waals surface area contributed by atoms with Gasteiger partial charge in [0.2, 0.25) is 0 Å². The Bertz CT molecular complexity index is 455. The van der Waals surface area contributed by atoms with E-state index in [9.17, 15) is 23.1 Å². The SMILES string of the molecule is CCCC(O)CNC(=O)Nc1cc(F)c(F)cc1F. The van der Waals surface area contributed by atoms with Crippen LogP contribution in [0, 0.1) is 17.5 Å². The zero-order valence-corrected chi connectivity index (χ0v) is 10.3. The number of benzene rings is 1. The average Bonchev–Trinajstić information content (AvgIpc) is 2.34. The Hall–Kier alpha value is -1.76. The summed E-state index contributed by atoms with van der Waals surface area (Å²) in [6.45, 7) is 1.87. The first-order valence-corrected chi connectivity index (χ1v) is 5.81. The van der Waals surface area contributed by atoms with Gasteiger partial charge in [0.05, 0.1) is 11.8 Å². The van der Waals surface area contributed by atoms with E-state index in [0.29, 0.717) is 18.6 Å². The van der Waals surface area contributed by atoms with Crippen LogP contribution in [-0.4, -0.2) is 23.8 Å². The van der Waals surface area contributed by atoms with Crippen molar-refractivity contribution in [2.45, 2.75) is 25.9 Å². The molecule has 0 radical (unpaired) electrons. The highest BCUT2D eigenvalue weighted by Gasteiger charge is 2.12. The van der Waals surface area contributed by atoms with Crippen molar-refractivity contribution in [3.05, 3.63) is 29.6 Å². The number of aliphatic hydroxyl groups excluding tert-OH is 1. The number of halogens is 3. The summed E-state index contributed by atoms with van der Waals surface area (Å²) >= 11 is 0. The highest BCUT2D eigenvalue weighted by atomic mass is 19.2. The summed E-state index contributed by atoms with van der Waals surface area (Å²) in [6.07, 6.45) is 0.563. The Balaban J connectivity index is 2.55. The second-order valence-electron chi connectivity index (χ2n) is 4.02. The van der Waals surface area contributed by atoms with Gasteiger partial charge < -0.3 is 15.7 Å². The number of carbonyl (C=O) groups is 1. The number of urea groups is 1. The largest absolute Gasteiger partial charge is 0.391 e. The van der Waals surface area contributed by atoms with E-state index >= 15 is 0 Å². The van der Waals surface area contributed by atoms with Crippen molar-refractivity contribution in [3.63, 3.8) is 0 Å². The summed E-state index contributed by atoms with van der Waals surface area (Å²) in [5, 5.41) is 13.7. The lowest BCUT2D eigenvalue weighted by Crippen LogP contribution is -2.35. The normalized spacial score (nSPS) is 12.1. The molecular formula is C12H15F3N2O2. The first-order valence-electron chi connectivity index (χ1n) is 5.81.